The van der Waals surface area contributed by atoms with Gasteiger partial charge >= 0.3 is 6.09 Å². The Balaban J connectivity index is 1.25. The Morgan fingerprint density at radius 2 is 1.89 bits per heavy atom. The predicted molar refractivity (Wildman–Crippen MR) is 155 cm³/mol. The lowest BCUT2D eigenvalue weighted by molar-refractivity contribution is -0.607. The van der Waals surface area contributed by atoms with Crippen molar-refractivity contribution in [1.82, 2.24) is 19.5 Å². The number of benzene rings is 2. The smallest absolute Gasteiger partial charge is 0.413 e. The summed E-state index contributed by atoms with van der Waals surface area (Å²) < 4.78 is 33.7. The first-order valence-electron chi connectivity index (χ1n) is 13.8. The lowest BCUT2D eigenvalue weighted by Crippen LogP contribution is -2.53. The Kier molecular flexibility index (Phi) is 7.61. The maximum atomic E-state index is 14.0. The summed E-state index contributed by atoms with van der Waals surface area (Å²) in [7, 11) is -4.21. The molecule has 226 valence electrons. The van der Waals surface area contributed by atoms with Crippen molar-refractivity contribution in [1.29, 1.82) is 0 Å². The summed E-state index contributed by atoms with van der Waals surface area (Å²) in [6.45, 7) is -0.389. The largest absolute Gasteiger partial charge is 0.619 e. The monoisotopic (exact) mass is 617 g/mol. The van der Waals surface area contributed by atoms with Crippen LogP contribution < -0.4 is 14.8 Å². The van der Waals surface area contributed by atoms with Crippen LogP contribution in [0.2, 0.25) is 0 Å². The summed E-state index contributed by atoms with van der Waals surface area (Å²) in [5.74, 6) is -0.857. The van der Waals surface area contributed by atoms with Crippen LogP contribution in [0.15, 0.2) is 90.2 Å². The van der Waals surface area contributed by atoms with E-state index in [1.165, 1.54) is 29.2 Å². The highest BCUT2D eigenvalue weighted by molar-refractivity contribution is 7.89. The van der Waals surface area contributed by atoms with Crippen molar-refractivity contribution in [3.05, 3.63) is 96.1 Å². The number of sulfonamides is 1. The van der Waals surface area contributed by atoms with Crippen LogP contribution in [0.1, 0.15) is 12.0 Å². The number of hydrogen-bond donors (Lipinski definition) is 2. The van der Waals surface area contributed by atoms with Crippen molar-refractivity contribution < 1.29 is 37.4 Å². The minimum Gasteiger partial charge on any atom is -0.619 e. The van der Waals surface area contributed by atoms with E-state index in [0.717, 1.165) is 22.1 Å². The number of phenolic OH excluding ortho intramolecular Hbond substituents is 1. The first-order chi connectivity index (χ1) is 21.1. The SMILES string of the molecule is O=C(NC(Cc1ccc(O)cc1)C(=O)N1CCC2C1C(=O)CN2S(=O)(=O)c1ccc[n+]([O-])c1)Oc1cccc2cccnc12. The van der Waals surface area contributed by atoms with Gasteiger partial charge in [0, 0.05) is 30.6 Å². The van der Waals surface area contributed by atoms with E-state index in [2.05, 4.69) is 10.3 Å². The molecule has 44 heavy (non-hydrogen) atoms. The summed E-state index contributed by atoms with van der Waals surface area (Å²) >= 11 is 0. The number of carbonyl (C=O) groups excluding carboxylic acids is 3. The molecule has 2 aliphatic heterocycles. The van der Waals surface area contributed by atoms with Crippen LogP contribution >= 0.6 is 0 Å². The predicted octanol–water partition coefficient (Wildman–Crippen LogP) is 1.52. The molecular formula is C30H27N5O8S. The van der Waals surface area contributed by atoms with Crippen molar-refractivity contribution in [3.63, 3.8) is 0 Å². The van der Waals surface area contributed by atoms with Crippen molar-refractivity contribution >= 4 is 38.7 Å². The number of Topliss-reactive ketones (excluding diaryl/α,β-unsaturated/α-hetero) is 1. The topological polar surface area (TPSA) is 173 Å². The number of rotatable bonds is 7. The summed E-state index contributed by atoms with van der Waals surface area (Å²) in [4.78, 5) is 45.7. The molecule has 2 fully saturated rings. The molecule has 6 rings (SSSR count). The number of hydrogen-bond acceptors (Lipinski definition) is 9. The van der Waals surface area contributed by atoms with Crippen molar-refractivity contribution in [2.24, 2.45) is 0 Å². The molecule has 2 amide bonds. The zero-order valence-electron chi connectivity index (χ0n) is 23.1. The first kappa shape index (κ1) is 29.0. The molecule has 3 unspecified atom stereocenters. The van der Waals surface area contributed by atoms with Crippen molar-refractivity contribution in [3.8, 4) is 11.5 Å². The summed E-state index contributed by atoms with van der Waals surface area (Å²) in [5, 5.41) is 24.8. The Bertz CT molecular complexity index is 1860. The van der Waals surface area contributed by atoms with Crippen LogP contribution in [-0.2, 0) is 26.0 Å². The van der Waals surface area contributed by atoms with E-state index in [4.69, 9.17) is 4.74 Å². The lowest BCUT2D eigenvalue weighted by atomic mass is 10.0. The second-order valence-corrected chi connectivity index (χ2v) is 12.4. The second-order valence-electron chi connectivity index (χ2n) is 10.5. The molecule has 2 N–H and O–H groups in total. The van der Waals surface area contributed by atoms with E-state index in [-0.39, 0.29) is 35.8 Å². The Labute approximate surface area is 251 Å². The van der Waals surface area contributed by atoms with Gasteiger partial charge in [0.15, 0.2) is 23.9 Å². The average molecular weight is 618 g/mol. The van der Waals surface area contributed by atoms with Gasteiger partial charge in [-0.15, -0.1) is 0 Å². The van der Waals surface area contributed by atoms with E-state index in [0.29, 0.717) is 15.8 Å². The fourth-order valence-corrected chi connectivity index (χ4v) is 7.39. The number of carbonyl (C=O) groups is 3. The minimum absolute atomic E-state index is 0.000391. The highest BCUT2D eigenvalue weighted by Crippen LogP contribution is 2.34. The molecule has 0 aliphatic carbocycles. The van der Waals surface area contributed by atoms with E-state index in [1.807, 2.05) is 12.1 Å². The molecule has 0 radical (unpaired) electrons. The van der Waals surface area contributed by atoms with Crippen LogP contribution in [-0.4, -0.2) is 76.7 Å². The quantitative estimate of drug-likeness (QED) is 0.230. The molecule has 0 bridgehead atoms. The Morgan fingerprint density at radius 3 is 2.66 bits per heavy atom. The van der Waals surface area contributed by atoms with E-state index in [1.54, 1.807) is 36.5 Å². The maximum Gasteiger partial charge on any atom is 0.413 e. The molecule has 13 nitrogen and oxygen atoms in total. The maximum absolute atomic E-state index is 14.0. The van der Waals surface area contributed by atoms with Gasteiger partial charge in [-0.1, -0.05) is 30.3 Å². The lowest BCUT2D eigenvalue weighted by Gasteiger charge is -2.28. The van der Waals surface area contributed by atoms with Crippen molar-refractivity contribution in [2.45, 2.75) is 35.9 Å². The van der Waals surface area contributed by atoms with E-state index in [9.17, 15) is 33.1 Å². The number of aromatic hydroxyl groups is 1. The van der Waals surface area contributed by atoms with Gasteiger partial charge in [-0.25, -0.2) is 13.2 Å². The number of para-hydroxylation sites is 1. The number of aromatic nitrogens is 2. The summed E-state index contributed by atoms with van der Waals surface area (Å²) in [6, 6.07) is 14.2. The van der Waals surface area contributed by atoms with E-state index >= 15 is 0 Å². The Hall–Kier alpha value is -5.08. The zero-order chi connectivity index (χ0) is 31.0. The zero-order valence-corrected chi connectivity index (χ0v) is 24.0. The molecule has 14 heteroatoms. The number of fused-ring (bicyclic) bond motifs is 2. The van der Waals surface area contributed by atoms with Gasteiger partial charge in [-0.05, 0) is 42.3 Å². The van der Waals surface area contributed by atoms with Crippen LogP contribution in [0.5, 0.6) is 11.5 Å². The molecule has 2 aromatic heterocycles. The molecule has 2 aliphatic rings. The van der Waals surface area contributed by atoms with Gasteiger partial charge < -0.3 is 25.3 Å². The molecule has 0 saturated carbocycles. The number of amides is 2. The van der Waals surface area contributed by atoms with Gasteiger partial charge in [-0.2, -0.15) is 9.04 Å². The third-order valence-electron chi connectivity index (χ3n) is 7.78. The van der Waals surface area contributed by atoms with Gasteiger partial charge in [0.25, 0.3) is 0 Å². The fraction of sp³-hybridized carbons (Fsp3) is 0.233. The van der Waals surface area contributed by atoms with Crippen LogP contribution in [0, 0.1) is 5.21 Å². The van der Waals surface area contributed by atoms with Gasteiger partial charge in [-0.3, -0.25) is 14.6 Å². The van der Waals surface area contributed by atoms with Crippen LogP contribution in [0.25, 0.3) is 10.9 Å². The number of nitrogens with zero attached hydrogens (tertiary/aromatic N) is 4. The molecule has 4 aromatic rings. The molecule has 4 heterocycles. The molecule has 3 atom stereocenters. The summed E-state index contributed by atoms with van der Waals surface area (Å²) in [5.41, 5.74) is 1.06. The fourth-order valence-electron chi connectivity index (χ4n) is 5.76. The third kappa shape index (κ3) is 5.52. The minimum atomic E-state index is -4.21. The first-order valence-corrected chi connectivity index (χ1v) is 15.2. The average Bonchev–Trinajstić information content (AvgIpc) is 3.59. The second kappa shape index (κ2) is 11.5. The molecular weight excluding hydrogens is 590 g/mol. The van der Waals surface area contributed by atoms with Gasteiger partial charge in [0.05, 0.1) is 12.6 Å². The van der Waals surface area contributed by atoms with Gasteiger partial charge in [0.1, 0.15) is 28.2 Å². The number of likely N-dealkylation sites (tertiary alicyclic amines) is 1. The van der Waals surface area contributed by atoms with Crippen LogP contribution in [0.4, 0.5) is 4.79 Å². The highest BCUT2D eigenvalue weighted by atomic mass is 32.2. The van der Waals surface area contributed by atoms with Crippen molar-refractivity contribution in [2.75, 3.05) is 13.1 Å². The molecule has 0 spiro atoms. The molecule has 2 aromatic carbocycles. The summed E-state index contributed by atoms with van der Waals surface area (Å²) in [6.07, 6.45) is 2.89. The number of phenols is 1. The Morgan fingerprint density at radius 1 is 1.11 bits per heavy atom. The number of ether oxygens (including phenoxy) is 1. The molecule has 2 saturated heterocycles. The number of nitrogens with one attached hydrogen (secondary N) is 1. The van der Waals surface area contributed by atoms with Crippen LogP contribution in [0.3, 0.4) is 0 Å². The number of ketones is 1. The number of pyridine rings is 2. The highest BCUT2D eigenvalue weighted by Gasteiger charge is 2.54. The standard InChI is InChI=1S/C30H27N5O8S/c36-21-10-8-19(9-11-21)16-23(32-30(39)43-26-7-1-4-20-5-2-13-31-27(20)26)29(38)34-15-12-24-28(34)25(37)18-35(24)44(41,42)22-6-3-14-33(40)17-22/h1-11,13-14,17,23-24,28,36H,12,15-16,18H2,(H,32,39). The third-order valence-corrected chi connectivity index (χ3v) is 9.63. The van der Waals surface area contributed by atoms with E-state index < -0.39 is 52.5 Å². The normalized spacial score (nSPS) is 19.1. The van der Waals surface area contributed by atoms with Gasteiger partial charge in [0.2, 0.25) is 15.9 Å².